The SMILES string of the molecule is COCCc1cnc(CCCNC2CC2)o1. The van der Waals surface area contributed by atoms with Crippen molar-refractivity contribution >= 4 is 0 Å². The summed E-state index contributed by atoms with van der Waals surface area (Å²) in [6, 6.07) is 0.793. The molecule has 0 spiro atoms. The summed E-state index contributed by atoms with van der Waals surface area (Å²) in [7, 11) is 1.70. The van der Waals surface area contributed by atoms with Gasteiger partial charge in [0.15, 0.2) is 5.89 Å². The number of hydrogen-bond acceptors (Lipinski definition) is 4. The van der Waals surface area contributed by atoms with Gasteiger partial charge >= 0.3 is 0 Å². The van der Waals surface area contributed by atoms with E-state index in [0.29, 0.717) is 6.61 Å². The molecular weight excluding hydrogens is 204 g/mol. The molecule has 1 aliphatic rings. The summed E-state index contributed by atoms with van der Waals surface area (Å²) in [6.07, 6.45) is 7.33. The first-order chi connectivity index (χ1) is 7.88. The van der Waals surface area contributed by atoms with Crippen molar-refractivity contribution in [1.29, 1.82) is 0 Å². The van der Waals surface area contributed by atoms with Crippen molar-refractivity contribution in [1.82, 2.24) is 10.3 Å². The van der Waals surface area contributed by atoms with Crippen molar-refractivity contribution in [3.63, 3.8) is 0 Å². The monoisotopic (exact) mass is 224 g/mol. The van der Waals surface area contributed by atoms with Crippen LogP contribution in [0, 0.1) is 0 Å². The minimum Gasteiger partial charge on any atom is -0.446 e. The molecule has 1 N–H and O–H groups in total. The Morgan fingerprint density at radius 2 is 2.38 bits per heavy atom. The van der Waals surface area contributed by atoms with E-state index in [9.17, 15) is 0 Å². The van der Waals surface area contributed by atoms with Crippen LogP contribution in [-0.4, -0.2) is 31.3 Å². The first-order valence-electron chi connectivity index (χ1n) is 6.04. The number of hydrogen-bond donors (Lipinski definition) is 1. The highest BCUT2D eigenvalue weighted by Crippen LogP contribution is 2.18. The second-order valence-corrected chi connectivity index (χ2v) is 4.30. The molecule has 0 bridgehead atoms. The lowest BCUT2D eigenvalue weighted by molar-refractivity contribution is 0.196. The van der Waals surface area contributed by atoms with Gasteiger partial charge in [-0.2, -0.15) is 0 Å². The number of rotatable bonds is 8. The van der Waals surface area contributed by atoms with Gasteiger partial charge in [-0.3, -0.25) is 0 Å². The normalized spacial score (nSPS) is 15.6. The zero-order chi connectivity index (χ0) is 11.2. The van der Waals surface area contributed by atoms with E-state index in [1.807, 2.05) is 6.20 Å². The van der Waals surface area contributed by atoms with Crippen molar-refractivity contribution in [2.75, 3.05) is 20.3 Å². The first kappa shape index (κ1) is 11.6. The number of ether oxygens (including phenoxy) is 1. The van der Waals surface area contributed by atoms with Gasteiger partial charge < -0.3 is 14.5 Å². The molecule has 90 valence electrons. The Bertz CT molecular complexity index is 308. The third kappa shape index (κ3) is 3.94. The molecule has 0 saturated heterocycles. The molecule has 1 aromatic rings. The largest absolute Gasteiger partial charge is 0.446 e. The van der Waals surface area contributed by atoms with E-state index in [4.69, 9.17) is 9.15 Å². The Balaban J connectivity index is 1.61. The Morgan fingerprint density at radius 1 is 1.50 bits per heavy atom. The highest BCUT2D eigenvalue weighted by Gasteiger charge is 2.19. The Labute approximate surface area is 96.4 Å². The molecule has 0 unspecified atom stereocenters. The molecule has 0 aromatic carbocycles. The zero-order valence-electron chi connectivity index (χ0n) is 9.87. The molecule has 1 aromatic heterocycles. The van der Waals surface area contributed by atoms with Gasteiger partial charge in [-0.1, -0.05) is 0 Å². The van der Waals surface area contributed by atoms with Crippen molar-refractivity contribution < 1.29 is 9.15 Å². The number of methoxy groups -OCH3 is 1. The molecule has 1 heterocycles. The number of aryl methyl sites for hydroxylation is 1. The van der Waals surface area contributed by atoms with Gasteiger partial charge in [0.25, 0.3) is 0 Å². The van der Waals surface area contributed by atoms with E-state index in [-0.39, 0.29) is 0 Å². The number of nitrogens with one attached hydrogen (secondary N) is 1. The maximum atomic E-state index is 5.59. The van der Waals surface area contributed by atoms with Crippen LogP contribution < -0.4 is 5.32 Å². The van der Waals surface area contributed by atoms with Gasteiger partial charge in [-0.05, 0) is 25.8 Å². The molecule has 0 atom stereocenters. The van der Waals surface area contributed by atoms with E-state index in [0.717, 1.165) is 43.5 Å². The fraction of sp³-hybridized carbons (Fsp3) is 0.750. The molecular formula is C12H20N2O2. The quantitative estimate of drug-likeness (QED) is 0.681. The van der Waals surface area contributed by atoms with Crippen molar-refractivity contribution in [3.05, 3.63) is 17.8 Å². The van der Waals surface area contributed by atoms with Gasteiger partial charge in [-0.15, -0.1) is 0 Å². The summed E-state index contributed by atoms with van der Waals surface area (Å²) >= 11 is 0. The molecule has 0 radical (unpaired) electrons. The molecule has 1 aliphatic carbocycles. The molecule has 16 heavy (non-hydrogen) atoms. The number of aromatic nitrogens is 1. The van der Waals surface area contributed by atoms with Gasteiger partial charge in [0.05, 0.1) is 12.8 Å². The van der Waals surface area contributed by atoms with Crippen LogP contribution in [0.4, 0.5) is 0 Å². The Hall–Kier alpha value is -0.870. The fourth-order valence-electron chi connectivity index (χ4n) is 1.62. The van der Waals surface area contributed by atoms with Crippen LogP contribution in [-0.2, 0) is 17.6 Å². The van der Waals surface area contributed by atoms with E-state index in [1.165, 1.54) is 12.8 Å². The Morgan fingerprint density at radius 3 is 3.12 bits per heavy atom. The van der Waals surface area contributed by atoms with Crippen LogP contribution in [0.5, 0.6) is 0 Å². The molecule has 1 saturated carbocycles. The van der Waals surface area contributed by atoms with Crippen LogP contribution in [0.3, 0.4) is 0 Å². The summed E-state index contributed by atoms with van der Waals surface area (Å²) < 4.78 is 10.6. The first-order valence-corrected chi connectivity index (χ1v) is 6.04. The second kappa shape index (κ2) is 6.01. The summed E-state index contributed by atoms with van der Waals surface area (Å²) in [5.41, 5.74) is 0. The minimum atomic E-state index is 0.692. The number of nitrogens with zero attached hydrogens (tertiary/aromatic N) is 1. The molecule has 4 nitrogen and oxygen atoms in total. The molecule has 4 heteroatoms. The summed E-state index contributed by atoms with van der Waals surface area (Å²) in [5, 5.41) is 3.48. The van der Waals surface area contributed by atoms with Crippen LogP contribution in [0.25, 0.3) is 0 Å². The lowest BCUT2D eigenvalue weighted by Gasteiger charge is -1.99. The van der Waals surface area contributed by atoms with Crippen molar-refractivity contribution in [3.8, 4) is 0 Å². The van der Waals surface area contributed by atoms with Gasteiger partial charge in [0.1, 0.15) is 5.76 Å². The van der Waals surface area contributed by atoms with E-state index >= 15 is 0 Å². The lowest BCUT2D eigenvalue weighted by Crippen LogP contribution is -2.17. The minimum absolute atomic E-state index is 0.692. The average Bonchev–Trinajstić information content (AvgIpc) is 3.01. The Kier molecular flexibility index (Phi) is 4.36. The third-order valence-corrected chi connectivity index (χ3v) is 2.73. The second-order valence-electron chi connectivity index (χ2n) is 4.30. The summed E-state index contributed by atoms with van der Waals surface area (Å²) in [4.78, 5) is 4.25. The van der Waals surface area contributed by atoms with E-state index in [2.05, 4.69) is 10.3 Å². The van der Waals surface area contributed by atoms with Crippen LogP contribution in [0.1, 0.15) is 30.9 Å². The maximum Gasteiger partial charge on any atom is 0.194 e. The standard InChI is InChI=1S/C12H20N2O2/c1-15-8-6-11-9-14-12(16-11)3-2-7-13-10-4-5-10/h9-10,13H,2-8H2,1H3. The topological polar surface area (TPSA) is 47.3 Å². The van der Waals surface area contributed by atoms with Crippen LogP contribution in [0.15, 0.2) is 10.6 Å². The van der Waals surface area contributed by atoms with Gasteiger partial charge in [0.2, 0.25) is 0 Å². The van der Waals surface area contributed by atoms with Crippen LogP contribution in [0.2, 0.25) is 0 Å². The predicted molar refractivity (Wildman–Crippen MR) is 61.4 cm³/mol. The zero-order valence-corrected chi connectivity index (χ0v) is 9.87. The average molecular weight is 224 g/mol. The van der Waals surface area contributed by atoms with Crippen molar-refractivity contribution in [2.24, 2.45) is 0 Å². The van der Waals surface area contributed by atoms with Gasteiger partial charge in [0, 0.05) is 26.0 Å². The molecule has 0 amide bonds. The lowest BCUT2D eigenvalue weighted by atomic mass is 10.3. The van der Waals surface area contributed by atoms with E-state index in [1.54, 1.807) is 7.11 Å². The number of oxazole rings is 1. The maximum absolute atomic E-state index is 5.59. The van der Waals surface area contributed by atoms with Gasteiger partial charge in [-0.25, -0.2) is 4.98 Å². The van der Waals surface area contributed by atoms with E-state index < -0.39 is 0 Å². The molecule has 0 aliphatic heterocycles. The highest BCUT2D eigenvalue weighted by molar-refractivity contribution is 4.94. The van der Waals surface area contributed by atoms with Crippen molar-refractivity contribution in [2.45, 2.75) is 38.1 Å². The van der Waals surface area contributed by atoms with Crippen LogP contribution >= 0.6 is 0 Å². The smallest absolute Gasteiger partial charge is 0.194 e. The fourth-order valence-corrected chi connectivity index (χ4v) is 1.62. The highest BCUT2D eigenvalue weighted by atomic mass is 16.5. The molecule has 2 rings (SSSR count). The third-order valence-electron chi connectivity index (χ3n) is 2.73. The summed E-state index contributed by atoms with van der Waals surface area (Å²) in [6.45, 7) is 1.76. The molecule has 1 fully saturated rings. The predicted octanol–water partition coefficient (Wildman–Crippen LogP) is 1.55. The summed E-state index contributed by atoms with van der Waals surface area (Å²) in [5.74, 6) is 1.77.